The summed E-state index contributed by atoms with van der Waals surface area (Å²) in [6.45, 7) is 0. The Kier molecular flexibility index (Phi) is 5.71. The third kappa shape index (κ3) is 3.30. The minimum Gasteiger partial charge on any atom is -0.494 e. The Bertz CT molecular complexity index is 866. The minimum absolute atomic E-state index is 0. The summed E-state index contributed by atoms with van der Waals surface area (Å²) < 4.78 is 6.45. The number of carbonyl (C=O) groups excluding carboxylic acids is 2. The minimum atomic E-state index is -0.905. The molecule has 0 aliphatic heterocycles. The molecule has 1 aromatic carbocycles. The van der Waals surface area contributed by atoms with E-state index in [1.807, 2.05) is 0 Å². The fraction of sp³-hybridized carbons (Fsp3) is 0.375. The number of amides is 2. The van der Waals surface area contributed by atoms with Gasteiger partial charge in [-0.05, 0) is 37.5 Å². The van der Waals surface area contributed by atoms with Gasteiger partial charge in [-0.2, -0.15) is 0 Å². The molecule has 2 aromatic rings. The van der Waals surface area contributed by atoms with Gasteiger partial charge in [0.25, 0.3) is 5.91 Å². The van der Waals surface area contributed by atoms with Crippen LogP contribution < -0.4 is 5.73 Å². The number of nitrogens with two attached hydrogens (primary N) is 1. The van der Waals surface area contributed by atoms with Gasteiger partial charge in [0, 0.05) is 16.3 Å². The zero-order valence-electron chi connectivity index (χ0n) is 13.7. The van der Waals surface area contributed by atoms with Crippen LogP contribution in [0, 0.1) is 5.53 Å². The molecule has 0 unspecified atom stereocenters. The van der Waals surface area contributed by atoms with Gasteiger partial charge in [0.2, 0.25) is 11.8 Å². The van der Waals surface area contributed by atoms with Gasteiger partial charge in [-0.15, -0.1) is 17.5 Å². The van der Waals surface area contributed by atoms with Crippen LogP contribution >= 0.6 is 12.4 Å². The number of primary amides is 1. The van der Waals surface area contributed by atoms with Crippen LogP contribution in [0.25, 0.3) is 10.8 Å². The number of halogens is 1. The van der Waals surface area contributed by atoms with E-state index in [2.05, 4.69) is 5.11 Å². The van der Waals surface area contributed by atoms with Crippen molar-refractivity contribution in [2.24, 2.45) is 10.8 Å². The molecule has 0 saturated heterocycles. The van der Waals surface area contributed by atoms with Gasteiger partial charge in [-0.25, -0.2) is 10.3 Å². The number of aromatic nitrogens is 1. The quantitative estimate of drug-likeness (QED) is 0.600. The van der Waals surface area contributed by atoms with Gasteiger partial charge in [0.1, 0.15) is 6.10 Å². The zero-order valence-corrected chi connectivity index (χ0v) is 14.5. The predicted molar refractivity (Wildman–Crippen MR) is 94.0 cm³/mol. The van der Waals surface area contributed by atoms with E-state index >= 15 is 0 Å². The number of hydrogen-bond donors (Lipinski definition) is 4. The number of rotatable bonds is 3. The molecule has 1 aromatic heterocycles. The van der Waals surface area contributed by atoms with Gasteiger partial charge in [-0.3, -0.25) is 9.36 Å². The highest BCUT2D eigenvalue weighted by Gasteiger charge is 2.33. The lowest BCUT2D eigenvalue weighted by atomic mass is 9.92. The van der Waals surface area contributed by atoms with E-state index in [1.54, 1.807) is 0 Å². The van der Waals surface area contributed by atoms with Gasteiger partial charge < -0.3 is 20.7 Å². The Labute approximate surface area is 154 Å². The van der Waals surface area contributed by atoms with Crippen LogP contribution in [0.2, 0.25) is 0 Å². The standard InChI is InChI=1S/C16H18N4O5.ClH/c17-16(24)25-12-4-2-1-3-11(12)20-14(22)9-6-5-8(13(21)19-18)7-10(9)15(20)23;/h5-7,11-12,18,22-23H,1-4H2,(H2,17,24);1H/t11-,12-;/m1./s1. The highest BCUT2D eigenvalue weighted by Crippen LogP contribution is 2.44. The molecule has 0 spiro atoms. The summed E-state index contributed by atoms with van der Waals surface area (Å²) in [4.78, 5) is 22.7. The van der Waals surface area contributed by atoms with Crippen LogP contribution in [-0.2, 0) is 4.74 Å². The molecule has 1 aliphatic carbocycles. The first-order valence-electron chi connectivity index (χ1n) is 7.87. The second kappa shape index (κ2) is 7.61. The number of hydrogen-bond acceptors (Lipinski definition) is 6. The Morgan fingerprint density at radius 3 is 2.50 bits per heavy atom. The van der Waals surface area contributed by atoms with Gasteiger partial charge in [0.05, 0.1) is 6.04 Å². The summed E-state index contributed by atoms with van der Waals surface area (Å²) in [5.41, 5.74) is 12.1. The van der Waals surface area contributed by atoms with Crippen LogP contribution in [-0.4, -0.2) is 32.9 Å². The second-order valence-electron chi connectivity index (χ2n) is 6.02. The third-order valence-electron chi connectivity index (χ3n) is 4.57. The number of benzene rings is 1. The number of nitrogens with zero attached hydrogens (tertiary/aromatic N) is 2. The number of carbonyl (C=O) groups is 2. The summed E-state index contributed by atoms with van der Waals surface area (Å²) in [6.07, 6.45) is 1.39. The second-order valence-corrected chi connectivity index (χ2v) is 6.02. The first-order valence-corrected chi connectivity index (χ1v) is 7.87. The zero-order chi connectivity index (χ0) is 18.1. The number of ether oxygens (including phenoxy) is 1. The van der Waals surface area contributed by atoms with Crippen molar-refractivity contribution in [1.82, 2.24) is 4.57 Å². The van der Waals surface area contributed by atoms with E-state index in [1.165, 1.54) is 22.8 Å². The molecule has 1 saturated carbocycles. The van der Waals surface area contributed by atoms with E-state index in [-0.39, 0.29) is 35.1 Å². The van der Waals surface area contributed by atoms with E-state index < -0.39 is 24.1 Å². The lowest BCUT2D eigenvalue weighted by Crippen LogP contribution is -2.33. The molecule has 3 rings (SSSR count). The van der Waals surface area contributed by atoms with Crippen molar-refractivity contribution in [1.29, 1.82) is 5.53 Å². The van der Waals surface area contributed by atoms with Crippen molar-refractivity contribution in [3.63, 3.8) is 0 Å². The highest BCUT2D eigenvalue weighted by atomic mass is 35.5. The van der Waals surface area contributed by atoms with Gasteiger partial charge >= 0.3 is 6.09 Å². The van der Waals surface area contributed by atoms with Crippen LogP contribution in [0.15, 0.2) is 23.3 Å². The van der Waals surface area contributed by atoms with Crippen molar-refractivity contribution < 1.29 is 24.5 Å². The molecular formula is C16H19ClN4O5. The molecule has 1 aliphatic rings. The van der Waals surface area contributed by atoms with E-state index in [9.17, 15) is 19.8 Å². The molecule has 2 atom stereocenters. The van der Waals surface area contributed by atoms with Gasteiger partial charge in [0.15, 0.2) is 0 Å². The maximum absolute atomic E-state index is 11.6. The van der Waals surface area contributed by atoms with Crippen molar-refractivity contribution >= 4 is 35.2 Å². The lowest BCUT2D eigenvalue weighted by molar-refractivity contribution is 0.0426. The SMILES string of the molecule is Cl.N=NC(=O)c1ccc2c(O)n([C@@H]3CCCC[C@H]3OC(N)=O)c(O)c2c1. The predicted octanol–water partition coefficient (Wildman–Crippen LogP) is 3.22. The van der Waals surface area contributed by atoms with Crippen molar-refractivity contribution in [2.75, 3.05) is 0 Å². The smallest absolute Gasteiger partial charge is 0.404 e. The fourth-order valence-corrected chi connectivity index (χ4v) is 3.46. The Hall–Kier alpha value is -2.81. The van der Waals surface area contributed by atoms with Crippen LogP contribution in [0.3, 0.4) is 0 Å². The average Bonchev–Trinajstić information content (AvgIpc) is 2.85. The molecule has 0 radical (unpaired) electrons. The normalized spacial score (nSPS) is 19.5. The first kappa shape index (κ1) is 19.5. The average molecular weight is 383 g/mol. The highest BCUT2D eigenvalue weighted by molar-refractivity contribution is 6.01. The van der Waals surface area contributed by atoms with Crippen molar-refractivity contribution in [2.45, 2.75) is 37.8 Å². The van der Waals surface area contributed by atoms with Crippen molar-refractivity contribution in [3.05, 3.63) is 23.8 Å². The molecule has 9 nitrogen and oxygen atoms in total. The van der Waals surface area contributed by atoms with E-state index in [4.69, 9.17) is 16.0 Å². The van der Waals surface area contributed by atoms with Crippen LogP contribution in [0.4, 0.5) is 4.79 Å². The first-order chi connectivity index (χ1) is 11.9. The Morgan fingerprint density at radius 2 is 1.85 bits per heavy atom. The number of fused-ring (bicyclic) bond motifs is 1. The van der Waals surface area contributed by atoms with E-state index in [0.717, 1.165) is 12.8 Å². The number of aromatic hydroxyl groups is 2. The molecule has 140 valence electrons. The molecule has 26 heavy (non-hydrogen) atoms. The summed E-state index contributed by atoms with van der Waals surface area (Å²) >= 11 is 0. The van der Waals surface area contributed by atoms with Crippen LogP contribution in [0.5, 0.6) is 11.8 Å². The monoisotopic (exact) mass is 382 g/mol. The molecule has 1 heterocycles. The molecule has 2 amide bonds. The summed E-state index contributed by atoms with van der Waals surface area (Å²) in [5, 5.41) is 24.6. The molecule has 10 heteroatoms. The van der Waals surface area contributed by atoms with Gasteiger partial charge in [-0.1, -0.05) is 6.42 Å². The summed E-state index contributed by atoms with van der Waals surface area (Å²) in [5.74, 6) is -1.17. The Morgan fingerprint density at radius 1 is 1.19 bits per heavy atom. The third-order valence-corrected chi connectivity index (χ3v) is 4.57. The maximum atomic E-state index is 11.6. The summed E-state index contributed by atoms with van der Waals surface area (Å²) in [6, 6.07) is 3.80. The fourth-order valence-electron chi connectivity index (χ4n) is 3.46. The lowest BCUT2D eigenvalue weighted by Gasteiger charge is -2.32. The topological polar surface area (TPSA) is 151 Å². The van der Waals surface area contributed by atoms with Crippen LogP contribution in [0.1, 0.15) is 42.1 Å². The van der Waals surface area contributed by atoms with Crippen molar-refractivity contribution in [3.8, 4) is 11.8 Å². The Balaban J connectivity index is 0.00000243. The maximum Gasteiger partial charge on any atom is 0.404 e. The number of nitrogens with one attached hydrogen (secondary N) is 1. The molecule has 5 N–H and O–H groups in total. The molecule has 0 bridgehead atoms. The largest absolute Gasteiger partial charge is 0.494 e. The molecular weight excluding hydrogens is 364 g/mol. The van der Waals surface area contributed by atoms with E-state index in [0.29, 0.717) is 18.2 Å². The summed E-state index contributed by atoms with van der Waals surface area (Å²) in [7, 11) is 0. The molecule has 1 fully saturated rings.